The predicted octanol–water partition coefficient (Wildman–Crippen LogP) is 2.42. The summed E-state index contributed by atoms with van der Waals surface area (Å²) in [4.78, 5) is 0. The lowest BCUT2D eigenvalue weighted by molar-refractivity contribution is 0.585. The molecule has 0 spiro atoms. The maximum atomic E-state index is 3.92. The number of H-pyrrole nitrogens is 1. The number of aromatic nitrogens is 2. The van der Waals surface area contributed by atoms with Gasteiger partial charge in [-0.2, -0.15) is 16.9 Å². The Balaban J connectivity index is 2.16. The summed E-state index contributed by atoms with van der Waals surface area (Å²) in [6, 6.07) is 2.52. The Labute approximate surface area is 96.4 Å². The van der Waals surface area contributed by atoms with Gasteiger partial charge in [0.1, 0.15) is 0 Å². The van der Waals surface area contributed by atoms with Crippen LogP contribution in [0.4, 0.5) is 0 Å². The molecule has 1 aromatic rings. The highest BCUT2D eigenvalue weighted by molar-refractivity contribution is 8.00. The molecule has 1 aromatic heterocycles. The zero-order valence-electron chi connectivity index (χ0n) is 10.0. The fourth-order valence-electron chi connectivity index (χ4n) is 1.10. The molecule has 0 bridgehead atoms. The van der Waals surface area contributed by atoms with Gasteiger partial charge >= 0.3 is 0 Å². The predicted molar refractivity (Wildman–Crippen MR) is 67.1 cm³/mol. The molecule has 15 heavy (non-hydrogen) atoms. The zero-order valence-corrected chi connectivity index (χ0v) is 10.8. The van der Waals surface area contributed by atoms with Crippen molar-refractivity contribution >= 4 is 11.8 Å². The maximum Gasteiger partial charge on any atom is 0.0490 e. The molecule has 1 atom stereocenters. The smallest absolute Gasteiger partial charge is 0.0490 e. The van der Waals surface area contributed by atoms with E-state index in [1.807, 2.05) is 17.8 Å². The van der Waals surface area contributed by atoms with Crippen LogP contribution >= 0.6 is 11.8 Å². The third kappa shape index (κ3) is 5.85. The Morgan fingerprint density at radius 2 is 2.27 bits per heavy atom. The molecule has 0 radical (unpaired) electrons. The molecule has 0 saturated carbocycles. The van der Waals surface area contributed by atoms with Crippen LogP contribution in [-0.2, 0) is 6.54 Å². The molecular weight excluding hydrogens is 206 g/mol. The Kier molecular flexibility index (Phi) is 4.67. The first-order chi connectivity index (χ1) is 6.97. The largest absolute Gasteiger partial charge is 0.308 e. The van der Waals surface area contributed by atoms with Crippen LogP contribution in [0, 0.1) is 0 Å². The first-order valence-electron chi connectivity index (χ1n) is 5.33. The summed E-state index contributed by atoms with van der Waals surface area (Å²) >= 11 is 1.99. The SMILES string of the molecule is CC(CSC(C)(C)C)NCc1ccn[nH]1. The first-order valence-corrected chi connectivity index (χ1v) is 6.31. The molecule has 86 valence electrons. The summed E-state index contributed by atoms with van der Waals surface area (Å²) in [5.74, 6) is 1.14. The second-order valence-electron chi connectivity index (χ2n) is 4.79. The monoisotopic (exact) mass is 227 g/mol. The van der Waals surface area contributed by atoms with Gasteiger partial charge in [0, 0.05) is 35.0 Å². The van der Waals surface area contributed by atoms with Gasteiger partial charge in [0.25, 0.3) is 0 Å². The average Bonchev–Trinajstić information content (AvgIpc) is 2.62. The van der Waals surface area contributed by atoms with E-state index in [4.69, 9.17) is 0 Å². The van der Waals surface area contributed by atoms with Gasteiger partial charge in [0.05, 0.1) is 0 Å². The molecule has 0 saturated heterocycles. The van der Waals surface area contributed by atoms with E-state index >= 15 is 0 Å². The van der Waals surface area contributed by atoms with Gasteiger partial charge < -0.3 is 5.32 Å². The van der Waals surface area contributed by atoms with Crippen molar-refractivity contribution in [2.24, 2.45) is 0 Å². The van der Waals surface area contributed by atoms with E-state index in [-0.39, 0.29) is 0 Å². The molecule has 1 heterocycles. The number of aromatic amines is 1. The van der Waals surface area contributed by atoms with E-state index in [9.17, 15) is 0 Å². The zero-order chi connectivity index (χ0) is 11.3. The lowest BCUT2D eigenvalue weighted by Gasteiger charge is -2.21. The maximum absolute atomic E-state index is 3.92. The second-order valence-corrected chi connectivity index (χ2v) is 6.63. The van der Waals surface area contributed by atoms with E-state index in [0.29, 0.717) is 10.8 Å². The number of nitrogens with one attached hydrogen (secondary N) is 2. The molecule has 1 rings (SSSR count). The third-order valence-corrected chi connectivity index (χ3v) is 3.50. The standard InChI is InChI=1S/C11H21N3S/c1-9(8-15-11(2,3)4)12-7-10-5-6-13-14-10/h5-6,9,12H,7-8H2,1-4H3,(H,13,14). The van der Waals surface area contributed by atoms with Gasteiger partial charge in [-0.05, 0) is 13.0 Å². The van der Waals surface area contributed by atoms with Crippen LogP contribution in [0.3, 0.4) is 0 Å². The summed E-state index contributed by atoms with van der Waals surface area (Å²) < 4.78 is 0.351. The van der Waals surface area contributed by atoms with E-state index < -0.39 is 0 Å². The quantitative estimate of drug-likeness (QED) is 0.811. The number of thioether (sulfide) groups is 1. The lowest BCUT2D eigenvalue weighted by atomic mass is 10.3. The van der Waals surface area contributed by atoms with Crippen molar-refractivity contribution in [1.29, 1.82) is 0 Å². The first kappa shape index (κ1) is 12.6. The molecule has 0 aromatic carbocycles. The second kappa shape index (κ2) is 5.56. The Hall–Kier alpha value is -0.480. The normalized spacial score (nSPS) is 14.1. The molecule has 2 N–H and O–H groups in total. The molecule has 1 unspecified atom stereocenters. The number of hydrogen-bond acceptors (Lipinski definition) is 3. The molecule has 0 aliphatic carbocycles. The molecule has 0 aliphatic rings. The highest BCUT2D eigenvalue weighted by atomic mass is 32.2. The number of hydrogen-bond donors (Lipinski definition) is 2. The van der Waals surface area contributed by atoms with Crippen LogP contribution in [0.2, 0.25) is 0 Å². The minimum absolute atomic E-state index is 0.351. The van der Waals surface area contributed by atoms with Gasteiger partial charge in [0.15, 0.2) is 0 Å². The minimum atomic E-state index is 0.351. The fraction of sp³-hybridized carbons (Fsp3) is 0.727. The summed E-state index contributed by atoms with van der Waals surface area (Å²) in [5.41, 5.74) is 1.14. The van der Waals surface area contributed by atoms with Crippen molar-refractivity contribution in [3.8, 4) is 0 Å². The lowest BCUT2D eigenvalue weighted by Crippen LogP contribution is -2.29. The summed E-state index contributed by atoms with van der Waals surface area (Å²) in [7, 11) is 0. The summed E-state index contributed by atoms with van der Waals surface area (Å²) in [6.45, 7) is 9.83. The molecule has 3 nitrogen and oxygen atoms in total. The van der Waals surface area contributed by atoms with Crippen LogP contribution < -0.4 is 5.32 Å². The Morgan fingerprint density at radius 3 is 2.80 bits per heavy atom. The van der Waals surface area contributed by atoms with Gasteiger partial charge in [-0.3, -0.25) is 5.10 Å². The van der Waals surface area contributed by atoms with E-state index in [1.165, 1.54) is 0 Å². The van der Waals surface area contributed by atoms with Crippen LogP contribution in [-0.4, -0.2) is 26.7 Å². The van der Waals surface area contributed by atoms with Crippen LogP contribution in [0.15, 0.2) is 12.3 Å². The topological polar surface area (TPSA) is 40.7 Å². The highest BCUT2D eigenvalue weighted by Crippen LogP contribution is 2.23. The van der Waals surface area contributed by atoms with Crippen molar-refractivity contribution in [2.45, 2.75) is 45.0 Å². The van der Waals surface area contributed by atoms with E-state index in [1.54, 1.807) is 6.20 Å². The molecular formula is C11H21N3S. The van der Waals surface area contributed by atoms with Gasteiger partial charge in [0.2, 0.25) is 0 Å². The minimum Gasteiger partial charge on any atom is -0.308 e. The van der Waals surface area contributed by atoms with E-state index in [2.05, 4.69) is 43.2 Å². The van der Waals surface area contributed by atoms with Gasteiger partial charge in [-0.1, -0.05) is 20.8 Å². The fourth-order valence-corrected chi connectivity index (χ4v) is 1.97. The molecule has 4 heteroatoms. The van der Waals surface area contributed by atoms with Crippen molar-refractivity contribution < 1.29 is 0 Å². The Bertz CT molecular complexity index is 264. The number of nitrogens with zero attached hydrogens (tertiary/aromatic N) is 1. The van der Waals surface area contributed by atoms with Crippen molar-refractivity contribution in [1.82, 2.24) is 15.5 Å². The van der Waals surface area contributed by atoms with Gasteiger partial charge in [-0.25, -0.2) is 0 Å². The van der Waals surface area contributed by atoms with Crippen LogP contribution in [0.1, 0.15) is 33.4 Å². The summed E-state index contributed by atoms with van der Waals surface area (Å²) in [5, 5.41) is 10.3. The average molecular weight is 227 g/mol. The summed E-state index contributed by atoms with van der Waals surface area (Å²) in [6.07, 6.45) is 1.78. The molecule has 0 aliphatic heterocycles. The third-order valence-electron chi connectivity index (χ3n) is 1.97. The van der Waals surface area contributed by atoms with Gasteiger partial charge in [-0.15, -0.1) is 0 Å². The van der Waals surface area contributed by atoms with Crippen LogP contribution in [0.25, 0.3) is 0 Å². The number of rotatable bonds is 5. The van der Waals surface area contributed by atoms with Crippen molar-refractivity contribution in [3.63, 3.8) is 0 Å². The molecule has 0 amide bonds. The highest BCUT2D eigenvalue weighted by Gasteiger charge is 2.12. The Morgan fingerprint density at radius 1 is 1.53 bits per heavy atom. The van der Waals surface area contributed by atoms with E-state index in [0.717, 1.165) is 18.0 Å². The van der Waals surface area contributed by atoms with Crippen LogP contribution in [0.5, 0.6) is 0 Å². The van der Waals surface area contributed by atoms with Crippen molar-refractivity contribution in [2.75, 3.05) is 5.75 Å². The molecule has 0 fully saturated rings. The van der Waals surface area contributed by atoms with Crippen molar-refractivity contribution in [3.05, 3.63) is 18.0 Å².